The van der Waals surface area contributed by atoms with Crippen molar-refractivity contribution < 1.29 is 9.32 Å². The maximum atomic E-state index is 11.8. The van der Waals surface area contributed by atoms with Crippen LogP contribution in [0.15, 0.2) is 22.7 Å². The van der Waals surface area contributed by atoms with Crippen molar-refractivity contribution in [1.82, 2.24) is 20.4 Å². The molecule has 0 aliphatic rings. The van der Waals surface area contributed by atoms with Crippen LogP contribution in [0.2, 0.25) is 0 Å². The number of hydrogen-bond donors (Lipinski definition) is 3. The molecule has 4 N–H and O–H groups in total. The number of rotatable bonds is 4. The zero-order valence-electron chi connectivity index (χ0n) is 9.67. The first-order valence-corrected chi connectivity index (χ1v) is 5.20. The van der Waals surface area contributed by atoms with E-state index in [4.69, 9.17) is 10.4 Å². The molecule has 2 heterocycles. The Balaban J connectivity index is 1.99. The molecule has 0 aliphatic heterocycles. The lowest BCUT2D eigenvalue weighted by molar-refractivity contribution is 0.0945. The van der Waals surface area contributed by atoms with E-state index in [2.05, 4.69) is 25.9 Å². The first-order chi connectivity index (χ1) is 8.69. The summed E-state index contributed by atoms with van der Waals surface area (Å²) in [4.78, 5) is 19.7. The molecule has 0 fully saturated rings. The number of nitrogens with one attached hydrogen (secondary N) is 2. The second-order valence-corrected chi connectivity index (χ2v) is 3.46. The van der Waals surface area contributed by atoms with Gasteiger partial charge in [-0.25, -0.2) is 10.8 Å². The molecule has 2 rings (SSSR count). The third-order valence-corrected chi connectivity index (χ3v) is 2.11. The Bertz CT molecular complexity index is 553. The minimum atomic E-state index is -0.338. The van der Waals surface area contributed by atoms with Crippen molar-refractivity contribution in [2.24, 2.45) is 5.84 Å². The quantitative estimate of drug-likeness (QED) is 0.514. The molecule has 2 aromatic rings. The second-order valence-electron chi connectivity index (χ2n) is 3.46. The van der Waals surface area contributed by atoms with E-state index < -0.39 is 0 Å². The Morgan fingerprint density at radius 3 is 2.94 bits per heavy atom. The Morgan fingerprint density at radius 2 is 2.28 bits per heavy atom. The Morgan fingerprint density at radius 1 is 1.44 bits per heavy atom. The van der Waals surface area contributed by atoms with Gasteiger partial charge in [0.1, 0.15) is 11.5 Å². The predicted octanol–water partition coefficient (Wildman–Crippen LogP) is -0.0114. The van der Waals surface area contributed by atoms with E-state index in [0.29, 0.717) is 17.5 Å². The molecular weight excluding hydrogens is 236 g/mol. The molecule has 0 saturated heterocycles. The molecule has 0 aliphatic carbocycles. The molecule has 18 heavy (non-hydrogen) atoms. The number of anilines is 1. The number of hydrogen-bond acceptors (Lipinski definition) is 7. The van der Waals surface area contributed by atoms with Crippen LogP contribution in [0.5, 0.6) is 0 Å². The average Bonchev–Trinajstić information content (AvgIpc) is 2.82. The fourth-order valence-corrected chi connectivity index (χ4v) is 1.30. The molecule has 0 atom stereocenters. The molecule has 0 aromatic carbocycles. The average molecular weight is 248 g/mol. The Hall–Kier alpha value is -2.48. The van der Waals surface area contributed by atoms with Gasteiger partial charge in [0, 0.05) is 6.92 Å². The summed E-state index contributed by atoms with van der Waals surface area (Å²) >= 11 is 0. The van der Waals surface area contributed by atoms with Gasteiger partial charge in [-0.3, -0.25) is 4.79 Å². The molecule has 8 heteroatoms. The van der Waals surface area contributed by atoms with Gasteiger partial charge in [0.2, 0.25) is 5.89 Å². The first-order valence-electron chi connectivity index (χ1n) is 5.20. The number of aromatic nitrogens is 3. The van der Waals surface area contributed by atoms with E-state index in [1.165, 1.54) is 0 Å². The van der Waals surface area contributed by atoms with Crippen LogP contribution in [0.25, 0.3) is 0 Å². The maximum Gasteiger partial charge on any atom is 0.270 e. The lowest BCUT2D eigenvalue weighted by atomic mass is 10.3. The van der Waals surface area contributed by atoms with E-state index in [1.807, 2.05) is 0 Å². The number of amides is 1. The Labute approximate surface area is 103 Å². The van der Waals surface area contributed by atoms with Gasteiger partial charge in [-0.15, -0.1) is 0 Å². The normalized spacial score (nSPS) is 10.1. The standard InChI is InChI=1S/C10H12N6O2/c1-6-13-9(16-18-6)5-12-10(17)7-3-2-4-8(14-7)15-11/h2-4H,5,11H2,1H3,(H,12,17)(H,14,15). The Kier molecular flexibility index (Phi) is 3.49. The van der Waals surface area contributed by atoms with E-state index in [-0.39, 0.29) is 18.1 Å². The van der Waals surface area contributed by atoms with E-state index in [0.717, 1.165) is 0 Å². The van der Waals surface area contributed by atoms with Crippen molar-refractivity contribution in [2.75, 3.05) is 5.43 Å². The van der Waals surface area contributed by atoms with Crippen LogP contribution in [0.3, 0.4) is 0 Å². The minimum Gasteiger partial charge on any atom is -0.343 e. The molecule has 0 bridgehead atoms. The monoisotopic (exact) mass is 248 g/mol. The second kappa shape index (κ2) is 5.23. The van der Waals surface area contributed by atoms with E-state index in [9.17, 15) is 4.79 Å². The number of pyridine rings is 1. The number of aryl methyl sites for hydroxylation is 1. The summed E-state index contributed by atoms with van der Waals surface area (Å²) in [7, 11) is 0. The number of nitrogens with zero attached hydrogens (tertiary/aromatic N) is 3. The number of carbonyl (C=O) groups is 1. The lowest BCUT2D eigenvalue weighted by Gasteiger charge is -2.03. The van der Waals surface area contributed by atoms with Crippen LogP contribution in [-0.2, 0) is 6.54 Å². The van der Waals surface area contributed by atoms with Crippen LogP contribution in [0, 0.1) is 6.92 Å². The van der Waals surface area contributed by atoms with Gasteiger partial charge in [-0.05, 0) is 12.1 Å². The summed E-state index contributed by atoms with van der Waals surface area (Å²) < 4.78 is 4.78. The lowest BCUT2D eigenvalue weighted by Crippen LogP contribution is -2.24. The van der Waals surface area contributed by atoms with Gasteiger partial charge in [0.05, 0.1) is 6.54 Å². The summed E-state index contributed by atoms with van der Waals surface area (Å²) in [5.74, 6) is 6.15. The van der Waals surface area contributed by atoms with Crippen LogP contribution >= 0.6 is 0 Å². The molecular formula is C10H12N6O2. The maximum absolute atomic E-state index is 11.8. The molecule has 0 radical (unpaired) electrons. The highest BCUT2D eigenvalue weighted by Crippen LogP contribution is 2.03. The summed E-state index contributed by atoms with van der Waals surface area (Å²) in [6, 6.07) is 4.91. The third kappa shape index (κ3) is 2.80. The van der Waals surface area contributed by atoms with Crippen molar-refractivity contribution in [2.45, 2.75) is 13.5 Å². The van der Waals surface area contributed by atoms with Gasteiger partial charge in [-0.2, -0.15) is 4.98 Å². The van der Waals surface area contributed by atoms with Crippen molar-refractivity contribution in [3.63, 3.8) is 0 Å². The van der Waals surface area contributed by atoms with E-state index in [1.54, 1.807) is 25.1 Å². The molecule has 94 valence electrons. The van der Waals surface area contributed by atoms with Crippen LogP contribution in [0.4, 0.5) is 5.82 Å². The predicted molar refractivity (Wildman–Crippen MR) is 62.3 cm³/mol. The van der Waals surface area contributed by atoms with E-state index >= 15 is 0 Å². The van der Waals surface area contributed by atoms with Gasteiger partial charge in [-0.1, -0.05) is 11.2 Å². The molecule has 0 unspecified atom stereocenters. The van der Waals surface area contributed by atoms with Crippen molar-refractivity contribution in [3.8, 4) is 0 Å². The van der Waals surface area contributed by atoms with Crippen molar-refractivity contribution >= 4 is 11.7 Å². The SMILES string of the molecule is Cc1nc(CNC(=O)c2cccc(NN)n2)no1. The number of hydrazine groups is 1. The summed E-state index contributed by atoms with van der Waals surface area (Å²) in [6.45, 7) is 1.86. The zero-order valence-corrected chi connectivity index (χ0v) is 9.67. The molecule has 0 spiro atoms. The van der Waals surface area contributed by atoms with Gasteiger partial charge >= 0.3 is 0 Å². The van der Waals surface area contributed by atoms with Gasteiger partial charge < -0.3 is 15.3 Å². The summed E-state index contributed by atoms with van der Waals surface area (Å²) in [5, 5.41) is 6.29. The zero-order chi connectivity index (χ0) is 13.0. The summed E-state index contributed by atoms with van der Waals surface area (Å²) in [6.07, 6.45) is 0. The highest BCUT2D eigenvalue weighted by molar-refractivity contribution is 5.92. The molecule has 1 amide bonds. The van der Waals surface area contributed by atoms with Crippen molar-refractivity contribution in [3.05, 3.63) is 35.6 Å². The number of nitrogen functional groups attached to an aromatic ring is 1. The minimum absolute atomic E-state index is 0.179. The highest BCUT2D eigenvalue weighted by Gasteiger charge is 2.09. The fourth-order valence-electron chi connectivity index (χ4n) is 1.30. The molecule has 0 saturated carbocycles. The fraction of sp³-hybridized carbons (Fsp3) is 0.200. The number of nitrogens with two attached hydrogens (primary N) is 1. The van der Waals surface area contributed by atoms with Gasteiger partial charge in [0.15, 0.2) is 5.82 Å². The van der Waals surface area contributed by atoms with Crippen LogP contribution in [-0.4, -0.2) is 21.0 Å². The largest absolute Gasteiger partial charge is 0.343 e. The van der Waals surface area contributed by atoms with Crippen LogP contribution in [0.1, 0.15) is 22.2 Å². The van der Waals surface area contributed by atoms with Crippen LogP contribution < -0.4 is 16.6 Å². The smallest absolute Gasteiger partial charge is 0.270 e. The molecule has 8 nitrogen and oxygen atoms in total. The highest BCUT2D eigenvalue weighted by atomic mass is 16.5. The topological polar surface area (TPSA) is 119 Å². The molecule has 2 aromatic heterocycles. The number of carbonyl (C=O) groups excluding carboxylic acids is 1. The van der Waals surface area contributed by atoms with Gasteiger partial charge in [0.25, 0.3) is 5.91 Å². The third-order valence-electron chi connectivity index (χ3n) is 2.11. The summed E-state index contributed by atoms with van der Waals surface area (Å²) in [5.41, 5.74) is 2.62. The first kappa shape index (κ1) is 12.0. The van der Waals surface area contributed by atoms with Crippen molar-refractivity contribution in [1.29, 1.82) is 0 Å².